The lowest BCUT2D eigenvalue weighted by atomic mass is 10.1. The van der Waals surface area contributed by atoms with Gasteiger partial charge in [0, 0.05) is 45.6 Å². The van der Waals surface area contributed by atoms with E-state index in [0.717, 1.165) is 57.3 Å². The highest BCUT2D eigenvalue weighted by Gasteiger charge is 2.28. The Balaban J connectivity index is 1.57. The first-order valence-corrected chi connectivity index (χ1v) is 12.5. The number of amidine groups is 2. The maximum Gasteiger partial charge on any atom is 0.311 e. The Morgan fingerprint density at radius 1 is 0.895 bits per heavy atom. The second-order valence-electron chi connectivity index (χ2n) is 9.85. The van der Waals surface area contributed by atoms with Crippen molar-refractivity contribution in [2.45, 2.75) is 26.4 Å². The van der Waals surface area contributed by atoms with Crippen LogP contribution in [0.5, 0.6) is 0 Å². The van der Waals surface area contributed by atoms with Gasteiger partial charge in [0.15, 0.2) is 12.0 Å². The van der Waals surface area contributed by atoms with Crippen LogP contribution in [0.2, 0.25) is 0 Å². The Bertz CT molecular complexity index is 1580. The van der Waals surface area contributed by atoms with E-state index in [-0.39, 0.29) is 0 Å². The molecule has 0 saturated carbocycles. The van der Waals surface area contributed by atoms with Gasteiger partial charge >= 0.3 is 6.02 Å². The molecule has 1 atom stereocenters. The standard InChI is InChI=1S/C28H33N9O/c1-16-12-22(29)20-14-18(6-8-24(20)32-16)26-34-27(37(31)28(35-26)38-11-5-10-36(3)4)19-7-9-25-21(15-19)23(30)13-17(2)33-25/h6-9,12-15,27H,5,10-11,31H2,1-4H3,(H2,29,32)(H2,30,33). The Hall–Kier alpha value is -4.28. The average Bonchev–Trinajstić information content (AvgIpc) is 2.87. The summed E-state index contributed by atoms with van der Waals surface area (Å²) in [7, 11) is 4.05. The number of anilines is 2. The number of hydrogen-bond acceptors (Lipinski definition) is 10. The number of aliphatic imine (C=N–C) groups is 2. The van der Waals surface area contributed by atoms with E-state index in [9.17, 15) is 0 Å². The lowest BCUT2D eigenvalue weighted by Gasteiger charge is -2.31. The van der Waals surface area contributed by atoms with Gasteiger partial charge in [-0.2, -0.15) is 4.99 Å². The average molecular weight is 512 g/mol. The van der Waals surface area contributed by atoms with E-state index >= 15 is 0 Å². The first-order chi connectivity index (χ1) is 18.2. The van der Waals surface area contributed by atoms with Crippen LogP contribution in [0, 0.1) is 13.8 Å². The third-order valence-electron chi connectivity index (χ3n) is 6.43. The summed E-state index contributed by atoms with van der Waals surface area (Å²) < 4.78 is 6.07. The largest absolute Gasteiger partial charge is 0.464 e. The molecule has 0 fully saturated rings. The molecule has 4 aromatic rings. The molecule has 196 valence electrons. The molecule has 0 amide bonds. The molecule has 0 aliphatic carbocycles. The van der Waals surface area contributed by atoms with Crippen molar-refractivity contribution in [3.8, 4) is 0 Å². The molecule has 3 heterocycles. The summed E-state index contributed by atoms with van der Waals surface area (Å²) in [6.07, 6.45) is 0.243. The Morgan fingerprint density at radius 2 is 1.53 bits per heavy atom. The smallest absolute Gasteiger partial charge is 0.311 e. The zero-order valence-corrected chi connectivity index (χ0v) is 22.1. The predicted octanol–water partition coefficient (Wildman–Crippen LogP) is 3.52. The number of aromatic nitrogens is 2. The van der Waals surface area contributed by atoms with Crippen LogP contribution in [0.25, 0.3) is 21.8 Å². The first kappa shape index (κ1) is 25.4. The molecule has 0 bridgehead atoms. The minimum absolute atomic E-state index is 0.295. The van der Waals surface area contributed by atoms with Gasteiger partial charge in [0.2, 0.25) is 0 Å². The maximum absolute atomic E-state index is 6.56. The van der Waals surface area contributed by atoms with Crippen molar-refractivity contribution in [1.29, 1.82) is 0 Å². The maximum atomic E-state index is 6.56. The topological polar surface area (TPSA) is 144 Å². The number of ether oxygens (including phenoxy) is 1. The van der Waals surface area contributed by atoms with Gasteiger partial charge in [-0.1, -0.05) is 6.07 Å². The van der Waals surface area contributed by atoms with Gasteiger partial charge in [0.25, 0.3) is 0 Å². The molecule has 10 nitrogen and oxygen atoms in total. The first-order valence-electron chi connectivity index (χ1n) is 12.5. The minimum Gasteiger partial charge on any atom is -0.464 e. The van der Waals surface area contributed by atoms with Crippen molar-refractivity contribution in [2.75, 3.05) is 38.7 Å². The number of nitrogens with two attached hydrogens (primary N) is 3. The number of aryl methyl sites for hydroxylation is 2. The molecule has 5 rings (SSSR count). The molecule has 2 aromatic carbocycles. The second kappa shape index (κ2) is 10.2. The fraction of sp³-hybridized carbons (Fsp3) is 0.286. The highest BCUT2D eigenvalue weighted by molar-refractivity contribution is 6.08. The van der Waals surface area contributed by atoms with Gasteiger partial charge in [-0.3, -0.25) is 9.97 Å². The summed E-state index contributed by atoms with van der Waals surface area (Å²) in [6.45, 7) is 5.20. The van der Waals surface area contributed by atoms with Crippen LogP contribution >= 0.6 is 0 Å². The zero-order valence-electron chi connectivity index (χ0n) is 22.1. The van der Waals surface area contributed by atoms with Crippen molar-refractivity contribution < 1.29 is 4.74 Å². The van der Waals surface area contributed by atoms with E-state index in [2.05, 4.69) is 14.9 Å². The molecule has 1 unspecified atom stereocenters. The molecule has 0 saturated heterocycles. The van der Waals surface area contributed by atoms with Gasteiger partial charge in [-0.25, -0.2) is 15.8 Å². The van der Waals surface area contributed by atoms with Crippen LogP contribution in [0.1, 0.15) is 35.1 Å². The van der Waals surface area contributed by atoms with E-state index < -0.39 is 6.17 Å². The van der Waals surface area contributed by atoms with Crippen LogP contribution in [-0.4, -0.2) is 59.0 Å². The summed E-state index contributed by atoms with van der Waals surface area (Å²) in [5.74, 6) is 7.05. The van der Waals surface area contributed by atoms with Crippen LogP contribution in [0.15, 0.2) is 58.5 Å². The SMILES string of the molecule is Cc1cc(N)c2cc(C3=NC(c4ccc5nc(C)cc(N)c5c4)N(N)C(OCCCN(C)C)=N3)ccc2n1. The van der Waals surface area contributed by atoms with Crippen LogP contribution < -0.4 is 17.3 Å². The Morgan fingerprint density at radius 3 is 2.18 bits per heavy atom. The highest BCUT2D eigenvalue weighted by atomic mass is 16.5. The minimum atomic E-state index is -0.583. The lowest BCUT2D eigenvalue weighted by molar-refractivity contribution is 0.190. The van der Waals surface area contributed by atoms with E-state index in [1.54, 1.807) is 0 Å². The van der Waals surface area contributed by atoms with Crippen LogP contribution in [0.4, 0.5) is 11.4 Å². The van der Waals surface area contributed by atoms with Crippen molar-refractivity contribution in [3.05, 3.63) is 71.0 Å². The highest BCUT2D eigenvalue weighted by Crippen LogP contribution is 2.31. The van der Waals surface area contributed by atoms with E-state index in [1.165, 1.54) is 5.01 Å². The molecular weight excluding hydrogens is 478 g/mol. The number of fused-ring (bicyclic) bond motifs is 2. The van der Waals surface area contributed by atoms with E-state index in [1.807, 2.05) is 76.5 Å². The summed E-state index contributed by atoms with van der Waals surface area (Å²) in [4.78, 5) is 20.9. The van der Waals surface area contributed by atoms with E-state index in [0.29, 0.717) is 29.8 Å². The molecule has 0 radical (unpaired) electrons. The molecule has 6 N–H and O–H groups in total. The predicted molar refractivity (Wildman–Crippen MR) is 154 cm³/mol. The van der Waals surface area contributed by atoms with Gasteiger partial charge in [0.1, 0.15) is 0 Å². The number of nitrogen functional groups attached to an aromatic ring is 2. The van der Waals surface area contributed by atoms with Crippen molar-refractivity contribution in [1.82, 2.24) is 19.9 Å². The zero-order chi connectivity index (χ0) is 27.0. The van der Waals surface area contributed by atoms with Gasteiger partial charge < -0.3 is 21.1 Å². The fourth-order valence-corrected chi connectivity index (χ4v) is 4.58. The summed E-state index contributed by atoms with van der Waals surface area (Å²) in [5.41, 5.74) is 18.9. The number of rotatable bonds is 6. The third-order valence-corrected chi connectivity index (χ3v) is 6.43. The molecule has 38 heavy (non-hydrogen) atoms. The molecular formula is C28H33N9O. The van der Waals surface area contributed by atoms with Gasteiger partial charge in [-0.05, 0) is 82.4 Å². The molecule has 1 aliphatic heterocycles. The summed E-state index contributed by atoms with van der Waals surface area (Å²) in [6, 6.07) is 15.7. The monoisotopic (exact) mass is 511 g/mol. The normalized spacial score (nSPS) is 15.7. The Labute approximate surface area is 221 Å². The van der Waals surface area contributed by atoms with E-state index in [4.69, 9.17) is 32.0 Å². The van der Waals surface area contributed by atoms with Gasteiger partial charge in [-0.15, -0.1) is 0 Å². The number of nitrogens with zero attached hydrogens (tertiary/aromatic N) is 6. The molecule has 0 spiro atoms. The number of hydrogen-bond donors (Lipinski definition) is 3. The number of benzene rings is 2. The lowest BCUT2D eigenvalue weighted by Crippen LogP contribution is -2.44. The molecule has 2 aromatic heterocycles. The number of pyridine rings is 2. The van der Waals surface area contributed by atoms with Gasteiger partial charge in [0.05, 0.1) is 17.6 Å². The van der Waals surface area contributed by atoms with Crippen molar-refractivity contribution in [2.24, 2.45) is 15.8 Å². The van der Waals surface area contributed by atoms with Crippen molar-refractivity contribution >= 4 is 45.0 Å². The van der Waals surface area contributed by atoms with Crippen molar-refractivity contribution in [3.63, 3.8) is 0 Å². The quantitative estimate of drug-likeness (QED) is 0.263. The van der Waals surface area contributed by atoms with Crippen LogP contribution in [0.3, 0.4) is 0 Å². The second-order valence-corrected chi connectivity index (χ2v) is 9.85. The fourth-order valence-electron chi connectivity index (χ4n) is 4.58. The summed E-state index contributed by atoms with van der Waals surface area (Å²) in [5, 5.41) is 3.14. The Kier molecular flexibility index (Phi) is 6.83. The number of hydrazine groups is 1. The van der Waals surface area contributed by atoms with Crippen LogP contribution in [-0.2, 0) is 4.74 Å². The summed E-state index contributed by atoms with van der Waals surface area (Å²) >= 11 is 0. The third kappa shape index (κ3) is 5.09. The molecule has 10 heteroatoms. The molecule has 1 aliphatic rings.